The zero-order chi connectivity index (χ0) is 27.1. The standard InChI is InChI=1S/C27H28F2N6O3/c1-32-14-20-5-4-19(15-35(20)31)17-2-3-18-13-22(38-21(18)12-17)23(36)33-26(8-10-27(28,29)11-9-26)24(37)34-25(16-30)6-7-25/h2-5,12-15,32H,6-11,31H2,1H3,(H,33,36)(H,34,37)/b20-14-. The quantitative estimate of drug-likeness (QED) is 0.427. The Labute approximate surface area is 218 Å². The van der Waals surface area contributed by atoms with Crippen LogP contribution in [0.4, 0.5) is 8.78 Å². The van der Waals surface area contributed by atoms with E-state index in [1.165, 1.54) is 5.01 Å². The number of allylic oxidation sites excluding steroid dienone is 3. The van der Waals surface area contributed by atoms with Crippen molar-refractivity contribution in [3.63, 3.8) is 0 Å². The maximum Gasteiger partial charge on any atom is 0.287 e. The first kappa shape index (κ1) is 25.5. The van der Waals surface area contributed by atoms with Crippen LogP contribution in [0.2, 0.25) is 0 Å². The number of nitrogens with one attached hydrogen (secondary N) is 3. The minimum Gasteiger partial charge on any atom is -0.451 e. The molecule has 5 N–H and O–H groups in total. The molecular weight excluding hydrogens is 494 g/mol. The number of rotatable bonds is 6. The third-order valence-electron chi connectivity index (χ3n) is 7.32. The van der Waals surface area contributed by atoms with Gasteiger partial charge in [-0.1, -0.05) is 18.2 Å². The molecule has 1 aromatic carbocycles. The molecule has 9 nitrogen and oxygen atoms in total. The molecule has 38 heavy (non-hydrogen) atoms. The van der Waals surface area contributed by atoms with Crippen molar-refractivity contribution in [3.05, 3.63) is 65.8 Å². The molecule has 2 amide bonds. The van der Waals surface area contributed by atoms with Crippen LogP contribution >= 0.6 is 0 Å². The molecule has 2 aromatic rings. The summed E-state index contributed by atoms with van der Waals surface area (Å²) in [6.07, 6.45) is 6.67. The van der Waals surface area contributed by atoms with Gasteiger partial charge in [0.2, 0.25) is 11.8 Å². The highest BCUT2D eigenvalue weighted by molar-refractivity contribution is 6.00. The molecule has 0 spiro atoms. The highest BCUT2D eigenvalue weighted by Crippen LogP contribution is 2.41. The van der Waals surface area contributed by atoms with E-state index in [9.17, 15) is 23.6 Å². The van der Waals surface area contributed by atoms with E-state index in [4.69, 9.17) is 10.3 Å². The number of halogens is 2. The van der Waals surface area contributed by atoms with Crippen molar-refractivity contribution in [1.29, 1.82) is 5.26 Å². The minimum absolute atomic E-state index is 0.0454. The Bertz CT molecular complexity index is 1420. The molecule has 2 saturated carbocycles. The fourth-order valence-corrected chi connectivity index (χ4v) is 4.75. The minimum atomic E-state index is -2.91. The summed E-state index contributed by atoms with van der Waals surface area (Å²) in [5, 5.41) is 19.8. The van der Waals surface area contributed by atoms with Crippen molar-refractivity contribution >= 4 is 28.4 Å². The van der Waals surface area contributed by atoms with Crippen LogP contribution in [0.25, 0.3) is 16.5 Å². The van der Waals surface area contributed by atoms with Crippen LogP contribution < -0.4 is 21.8 Å². The summed E-state index contributed by atoms with van der Waals surface area (Å²) in [7, 11) is 1.78. The molecule has 1 aliphatic heterocycles. The number of nitriles is 1. The number of amides is 2. The van der Waals surface area contributed by atoms with Gasteiger partial charge in [0, 0.05) is 37.7 Å². The number of carbonyl (C=O) groups is 2. The first-order valence-corrected chi connectivity index (χ1v) is 12.4. The predicted octanol–water partition coefficient (Wildman–Crippen LogP) is 3.43. The van der Waals surface area contributed by atoms with E-state index >= 15 is 0 Å². The van der Waals surface area contributed by atoms with Crippen molar-refractivity contribution in [2.45, 2.75) is 55.5 Å². The lowest BCUT2D eigenvalue weighted by atomic mass is 9.78. The summed E-state index contributed by atoms with van der Waals surface area (Å²) in [6.45, 7) is 0. The fraction of sp³-hybridized carbons (Fsp3) is 0.370. The topological polar surface area (TPSA) is 136 Å². The zero-order valence-corrected chi connectivity index (χ0v) is 20.8. The summed E-state index contributed by atoms with van der Waals surface area (Å²) >= 11 is 0. The first-order chi connectivity index (χ1) is 18.1. The maximum absolute atomic E-state index is 14.0. The zero-order valence-electron chi connectivity index (χ0n) is 20.8. The second-order valence-corrected chi connectivity index (χ2v) is 10.1. The van der Waals surface area contributed by atoms with Crippen LogP contribution in [0, 0.1) is 11.3 Å². The first-order valence-electron chi connectivity index (χ1n) is 12.4. The molecule has 11 heteroatoms. The maximum atomic E-state index is 14.0. The number of nitrogens with zero attached hydrogens (tertiary/aromatic N) is 2. The number of fused-ring (bicyclic) bond motifs is 1. The van der Waals surface area contributed by atoms with E-state index in [1.54, 1.807) is 37.6 Å². The van der Waals surface area contributed by atoms with Crippen LogP contribution in [0.15, 0.2) is 58.9 Å². The number of nitrogens with two attached hydrogens (primary N) is 1. The molecule has 3 aliphatic rings. The molecule has 2 fully saturated rings. The van der Waals surface area contributed by atoms with E-state index in [-0.39, 0.29) is 18.6 Å². The summed E-state index contributed by atoms with van der Waals surface area (Å²) in [5.74, 6) is 1.80. The molecule has 2 heterocycles. The molecule has 2 aliphatic carbocycles. The van der Waals surface area contributed by atoms with E-state index in [2.05, 4.69) is 22.0 Å². The van der Waals surface area contributed by atoms with Crippen molar-refractivity contribution in [1.82, 2.24) is 21.0 Å². The molecule has 0 atom stereocenters. The summed E-state index contributed by atoms with van der Waals surface area (Å²) in [6, 6.07) is 9.05. The molecule has 198 valence electrons. The van der Waals surface area contributed by atoms with Gasteiger partial charge in [-0.2, -0.15) is 5.26 Å². The lowest BCUT2D eigenvalue weighted by Crippen LogP contribution is -2.62. The Morgan fingerprint density at radius 2 is 1.84 bits per heavy atom. The van der Waals surface area contributed by atoms with Crippen molar-refractivity contribution in [3.8, 4) is 6.07 Å². The van der Waals surface area contributed by atoms with Gasteiger partial charge in [-0.05, 0) is 55.0 Å². The van der Waals surface area contributed by atoms with Crippen molar-refractivity contribution in [2.75, 3.05) is 7.05 Å². The van der Waals surface area contributed by atoms with Crippen LogP contribution in [0.5, 0.6) is 0 Å². The highest BCUT2D eigenvalue weighted by Gasteiger charge is 2.53. The highest BCUT2D eigenvalue weighted by atomic mass is 19.3. The molecular formula is C27H28F2N6O3. The van der Waals surface area contributed by atoms with E-state index < -0.39 is 41.7 Å². The number of benzene rings is 1. The van der Waals surface area contributed by atoms with E-state index in [0.29, 0.717) is 23.8 Å². The van der Waals surface area contributed by atoms with Gasteiger partial charge in [0.25, 0.3) is 5.91 Å². The second-order valence-electron chi connectivity index (χ2n) is 10.1. The lowest BCUT2D eigenvalue weighted by Gasteiger charge is -2.39. The van der Waals surface area contributed by atoms with E-state index in [1.807, 2.05) is 18.2 Å². The normalized spacial score (nSPS) is 21.9. The summed E-state index contributed by atoms with van der Waals surface area (Å²) in [4.78, 5) is 26.4. The van der Waals surface area contributed by atoms with Gasteiger partial charge < -0.3 is 20.4 Å². The fourth-order valence-electron chi connectivity index (χ4n) is 4.75. The molecule has 5 rings (SSSR count). The third kappa shape index (κ3) is 4.87. The largest absolute Gasteiger partial charge is 0.451 e. The second kappa shape index (κ2) is 9.29. The lowest BCUT2D eigenvalue weighted by molar-refractivity contribution is -0.133. The average Bonchev–Trinajstić information content (AvgIpc) is 3.53. The van der Waals surface area contributed by atoms with Gasteiger partial charge >= 0.3 is 0 Å². The Morgan fingerprint density at radius 3 is 2.47 bits per heavy atom. The van der Waals surface area contributed by atoms with Gasteiger partial charge in [-0.25, -0.2) is 14.6 Å². The van der Waals surface area contributed by atoms with Crippen molar-refractivity contribution in [2.24, 2.45) is 5.84 Å². The number of hydrogen-bond acceptors (Lipinski definition) is 7. The van der Waals surface area contributed by atoms with Gasteiger partial charge in [-0.15, -0.1) is 0 Å². The Hall–Kier alpha value is -4.17. The van der Waals surface area contributed by atoms with Gasteiger partial charge in [-0.3, -0.25) is 14.6 Å². The number of hydrogen-bond donors (Lipinski definition) is 4. The summed E-state index contributed by atoms with van der Waals surface area (Å²) in [5.41, 5.74) is 0.305. The van der Waals surface area contributed by atoms with Crippen molar-refractivity contribution < 1.29 is 22.8 Å². The Kier molecular flexibility index (Phi) is 6.23. The third-order valence-corrected chi connectivity index (χ3v) is 7.32. The SMILES string of the molecule is CN/C=C1/C=CC(c2ccc3cc(C(=O)NC4(C(=O)NC5(C#N)CC5)CCC(F)(F)CC4)oc3c2)=CN1N. The number of hydrazine groups is 1. The van der Waals surface area contributed by atoms with Crippen LogP contribution in [-0.4, -0.2) is 40.9 Å². The molecule has 0 radical (unpaired) electrons. The van der Waals surface area contributed by atoms with Crippen LogP contribution in [0.1, 0.15) is 54.6 Å². The average molecular weight is 523 g/mol. The van der Waals surface area contributed by atoms with Gasteiger partial charge in [0.05, 0.1) is 11.8 Å². The van der Waals surface area contributed by atoms with Crippen LogP contribution in [-0.2, 0) is 4.79 Å². The van der Waals surface area contributed by atoms with E-state index in [0.717, 1.165) is 16.8 Å². The molecule has 0 unspecified atom stereocenters. The molecule has 0 saturated heterocycles. The molecule has 0 bridgehead atoms. The van der Waals surface area contributed by atoms with Gasteiger partial charge in [0.15, 0.2) is 5.76 Å². The smallest absolute Gasteiger partial charge is 0.287 e. The summed E-state index contributed by atoms with van der Waals surface area (Å²) < 4.78 is 33.8. The number of carbonyl (C=O) groups excluding carboxylic acids is 2. The number of furan rings is 1. The van der Waals surface area contributed by atoms with Crippen LogP contribution in [0.3, 0.4) is 0 Å². The van der Waals surface area contributed by atoms with Gasteiger partial charge in [0.1, 0.15) is 16.7 Å². The molecule has 1 aromatic heterocycles. The number of alkyl halides is 2. The Morgan fingerprint density at radius 1 is 1.11 bits per heavy atom. The Balaban J connectivity index is 1.38. The monoisotopic (exact) mass is 522 g/mol. The predicted molar refractivity (Wildman–Crippen MR) is 136 cm³/mol.